The van der Waals surface area contributed by atoms with Crippen LogP contribution in [-0.4, -0.2) is 11.1 Å². The first-order chi connectivity index (χ1) is 3.70. The molecule has 1 fully saturated rings. The molecular formula is C4H3NO2S. The second kappa shape index (κ2) is 1.56. The van der Waals surface area contributed by atoms with Crippen molar-refractivity contribution in [3.8, 4) is 0 Å². The zero-order valence-corrected chi connectivity index (χ0v) is 4.75. The average molecular weight is 129 g/mol. The van der Waals surface area contributed by atoms with Crippen LogP contribution >= 0.6 is 12.2 Å². The van der Waals surface area contributed by atoms with Crippen LogP contribution in [0.3, 0.4) is 0 Å². The quantitative estimate of drug-likeness (QED) is 0.367. The van der Waals surface area contributed by atoms with Gasteiger partial charge >= 0.3 is 0 Å². The molecule has 0 saturated carbocycles. The summed E-state index contributed by atoms with van der Waals surface area (Å²) < 4.78 is 4.55. The van der Waals surface area contributed by atoms with Gasteiger partial charge in [0.1, 0.15) is 0 Å². The van der Waals surface area contributed by atoms with E-state index in [2.05, 4.69) is 28.9 Å². The Morgan fingerprint density at radius 3 is 2.50 bits per heavy atom. The van der Waals surface area contributed by atoms with Crippen molar-refractivity contribution in [2.24, 2.45) is 0 Å². The van der Waals surface area contributed by atoms with Gasteiger partial charge in [0.25, 0.3) is 11.1 Å². The van der Waals surface area contributed by atoms with E-state index in [9.17, 15) is 4.79 Å². The maximum absolute atomic E-state index is 10.4. The molecule has 0 radical (unpaired) electrons. The van der Waals surface area contributed by atoms with Gasteiger partial charge in [0, 0.05) is 0 Å². The Morgan fingerprint density at radius 1 is 1.75 bits per heavy atom. The van der Waals surface area contributed by atoms with Crippen molar-refractivity contribution in [3.05, 3.63) is 12.3 Å². The number of thiocarbonyl (C=S) groups is 1. The third-order valence-corrected chi connectivity index (χ3v) is 0.870. The standard InChI is InChI=1S/C4H3NO2S/c1-2-3(6)5-4(8)7-2/h1H2,(H,5,6,8). The van der Waals surface area contributed by atoms with Crippen molar-refractivity contribution in [3.63, 3.8) is 0 Å². The number of nitrogens with one attached hydrogen (secondary N) is 1. The van der Waals surface area contributed by atoms with Crippen LogP contribution in [0.1, 0.15) is 0 Å². The van der Waals surface area contributed by atoms with Crippen LogP contribution < -0.4 is 5.32 Å². The summed E-state index contributed by atoms with van der Waals surface area (Å²) in [4.78, 5) is 10.4. The van der Waals surface area contributed by atoms with Crippen molar-refractivity contribution in [1.82, 2.24) is 5.32 Å². The molecular weight excluding hydrogens is 126 g/mol. The first-order valence-electron chi connectivity index (χ1n) is 1.92. The third kappa shape index (κ3) is 0.696. The fraction of sp³-hybridized carbons (Fsp3) is 0. The number of rotatable bonds is 0. The Labute approximate surface area is 51.3 Å². The summed E-state index contributed by atoms with van der Waals surface area (Å²) in [6, 6.07) is 0. The molecule has 1 rings (SSSR count). The minimum Gasteiger partial charge on any atom is -0.426 e. The van der Waals surface area contributed by atoms with Gasteiger partial charge in [-0.2, -0.15) is 0 Å². The molecule has 0 aromatic heterocycles. The van der Waals surface area contributed by atoms with E-state index < -0.39 is 0 Å². The summed E-state index contributed by atoms with van der Waals surface area (Å²) in [5.74, 6) is -0.287. The lowest BCUT2D eigenvalue weighted by Crippen LogP contribution is -2.18. The summed E-state index contributed by atoms with van der Waals surface area (Å²) in [5, 5.41) is 2.32. The van der Waals surface area contributed by atoms with Crippen LogP contribution in [-0.2, 0) is 9.53 Å². The van der Waals surface area contributed by atoms with E-state index in [1.54, 1.807) is 0 Å². The van der Waals surface area contributed by atoms with Crippen LogP contribution in [0.5, 0.6) is 0 Å². The van der Waals surface area contributed by atoms with E-state index in [0.29, 0.717) is 0 Å². The van der Waals surface area contributed by atoms with Gasteiger partial charge in [-0.15, -0.1) is 0 Å². The lowest BCUT2D eigenvalue weighted by molar-refractivity contribution is -0.116. The summed E-state index contributed by atoms with van der Waals surface area (Å²) in [6.45, 7) is 3.26. The van der Waals surface area contributed by atoms with Crippen molar-refractivity contribution in [2.75, 3.05) is 0 Å². The van der Waals surface area contributed by atoms with Gasteiger partial charge in [-0.1, -0.05) is 6.58 Å². The molecule has 3 nitrogen and oxygen atoms in total. The number of hydrogen-bond acceptors (Lipinski definition) is 3. The molecule has 1 aliphatic heterocycles. The monoisotopic (exact) mass is 129 g/mol. The Hall–Kier alpha value is -0.900. The molecule has 0 aromatic rings. The fourth-order valence-corrected chi connectivity index (χ4v) is 0.539. The van der Waals surface area contributed by atoms with Crippen molar-refractivity contribution in [2.45, 2.75) is 0 Å². The van der Waals surface area contributed by atoms with Gasteiger partial charge in [-0.3, -0.25) is 10.1 Å². The largest absolute Gasteiger partial charge is 0.426 e. The van der Waals surface area contributed by atoms with Gasteiger partial charge in [-0.05, 0) is 12.2 Å². The lowest BCUT2D eigenvalue weighted by atomic mass is 10.6. The van der Waals surface area contributed by atoms with Crippen LogP contribution in [0.25, 0.3) is 0 Å². The van der Waals surface area contributed by atoms with Gasteiger partial charge in [-0.25, -0.2) is 0 Å². The van der Waals surface area contributed by atoms with Crippen LogP contribution in [0.4, 0.5) is 0 Å². The fourth-order valence-electron chi connectivity index (χ4n) is 0.346. The molecule has 1 heterocycles. The molecule has 0 bridgehead atoms. The van der Waals surface area contributed by atoms with E-state index in [-0.39, 0.29) is 16.8 Å². The van der Waals surface area contributed by atoms with Crippen molar-refractivity contribution < 1.29 is 9.53 Å². The van der Waals surface area contributed by atoms with E-state index in [4.69, 9.17) is 0 Å². The Balaban J connectivity index is 2.79. The summed E-state index contributed by atoms with van der Waals surface area (Å²) in [7, 11) is 0. The maximum Gasteiger partial charge on any atom is 0.293 e. The number of amides is 1. The van der Waals surface area contributed by atoms with Crippen LogP contribution in [0.15, 0.2) is 12.3 Å². The molecule has 0 atom stereocenters. The van der Waals surface area contributed by atoms with E-state index >= 15 is 0 Å². The highest BCUT2D eigenvalue weighted by atomic mass is 32.1. The second-order valence-corrected chi connectivity index (χ2v) is 1.64. The zero-order chi connectivity index (χ0) is 6.15. The number of carbonyl (C=O) groups excluding carboxylic acids is 1. The summed E-state index contributed by atoms with van der Waals surface area (Å²) in [6.07, 6.45) is 0. The predicted octanol–water partition coefficient (Wildman–Crippen LogP) is -0.0686. The third-order valence-electron chi connectivity index (χ3n) is 0.685. The molecule has 0 unspecified atom stereocenters. The van der Waals surface area contributed by atoms with Crippen LogP contribution in [0.2, 0.25) is 0 Å². The van der Waals surface area contributed by atoms with Gasteiger partial charge < -0.3 is 4.74 Å². The predicted molar refractivity (Wildman–Crippen MR) is 31.0 cm³/mol. The normalized spacial score (nSPS) is 18.2. The summed E-state index contributed by atoms with van der Waals surface area (Å²) >= 11 is 4.46. The molecule has 8 heavy (non-hydrogen) atoms. The zero-order valence-electron chi connectivity index (χ0n) is 3.93. The summed E-state index contributed by atoms with van der Waals surface area (Å²) in [5.41, 5.74) is 0. The van der Waals surface area contributed by atoms with E-state index in [0.717, 1.165) is 0 Å². The van der Waals surface area contributed by atoms with Crippen molar-refractivity contribution in [1.29, 1.82) is 0 Å². The first kappa shape index (κ1) is 5.24. The average Bonchev–Trinajstić information content (AvgIpc) is 1.85. The minimum absolute atomic E-state index is 0.0648. The number of hydrogen-bond donors (Lipinski definition) is 1. The minimum atomic E-state index is -0.352. The van der Waals surface area contributed by atoms with E-state index in [1.807, 2.05) is 0 Å². The number of carbonyl (C=O) groups is 1. The molecule has 1 amide bonds. The molecule has 0 spiro atoms. The molecule has 42 valence electrons. The van der Waals surface area contributed by atoms with Gasteiger partial charge in [0.15, 0.2) is 5.76 Å². The molecule has 0 aliphatic carbocycles. The van der Waals surface area contributed by atoms with E-state index in [1.165, 1.54) is 0 Å². The molecule has 1 N–H and O–H groups in total. The van der Waals surface area contributed by atoms with Gasteiger partial charge in [0.05, 0.1) is 0 Å². The van der Waals surface area contributed by atoms with Crippen LogP contribution in [0, 0.1) is 0 Å². The lowest BCUT2D eigenvalue weighted by Gasteiger charge is -1.84. The highest BCUT2D eigenvalue weighted by molar-refractivity contribution is 7.80. The maximum atomic E-state index is 10.4. The van der Waals surface area contributed by atoms with Crippen molar-refractivity contribution >= 4 is 23.3 Å². The topological polar surface area (TPSA) is 38.3 Å². The first-order valence-corrected chi connectivity index (χ1v) is 2.33. The molecule has 1 saturated heterocycles. The molecule has 4 heteroatoms. The highest BCUT2D eigenvalue weighted by Crippen LogP contribution is 2.01. The highest BCUT2D eigenvalue weighted by Gasteiger charge is 2.19. The second-order valence-electron chi connectivity index (χ2n) is 1.27. The smallest absolute Gasteiger partial charge is 0.293 e. The molecule has 1 aliphatic rings. The SMILES string of the molecule is C=C1OC(=S)NC1=O. The Morgan fingerprint density at radius 2 is 2.38 bits per heavy atom. The Kier molecular flexibility index (Phi) is 1.02. The number of ether oxygens (including phenoxy) is 1. The van der Waals surface area contributed by atoms with Gasteiger partial charge in [0.2, 0.25) is 0 Å². The Bertz CT molecular complexity index is 157. The molecule has 0 aromatic carbocycles.